The van der Waals surface area contributed by atoms with Crippen LogP contribution in [0.5, 0.6) is 0 Å². The summed E-state index contributed by atoms with van der Waals surface area (Å²) in [6, 6.07) is 0.483. The van der Waals surface area contributed by atoms with Crippen LogP contribution in [0.4, 0.5) is 0 Å². The predicted octanol–water partition coefficient (Wildman–Crippen LogP) is 1.22. The van der Waals surface area contributed by atoms with E-state index in [-0.39, 0.29) is 35.5 Å². The van der Waals surface area contributed by atoms with Crippen molar-refractivity contribution in [3.63, 3.8) is 0 Å². The number of imide groups is 1. The summed E-state index contributed by atoms with van der Waals surface area (Å²) >= 11 is 0. The number of rotatable bonds is 8. The monoisotopic (exact) mass is 401 g/mol. The van der Waals surface area contributed by atoms with Gasteiger partial charge in [-0.3, -0.25) is 24.4 Å². The molecule has 0 radical (unpaired) electrons. The molecule has 3 fully saturated rings. The van der Waals surface area contributed by atoms with Crippen LogP contribution in [0, 0.1) is 23.7 Å². The van der Waals surface area contributed by atoms with Crippen LogP contribution < -0.4 is 10.6 Å². The number of fused-ring (bicyclic) bond motifs is 5. The van der Waals surface area contributed by atoms with Gasteiger partial charge in [0.05, 0.1) is 18.4 Å². The molecule has 1 saturated carbocycles. The molecule has 160 valence electrons. The minimum Gasteiger partial charge on any atom is -0.357 e. The second kappa shape index (κ2) is 8.86. The number of hydrogen-bond donors (Lipinski definition) is 2. The van der Waals surface area contributed by atoms with Crippen molar-refractivity contribution in [3.8, 4) is 0 Å². The molecule has 2 amide bonds. The molecule has 29 heavy (non-hydrogen) atoms. The number of nitrogens with one attached hydrogen (secondary N) is 2. The molecule has 2 aliphatic carbocycles. The van der Waals surface area contributed by atoms with Crippen molar-refractivity contribution in [2.24, 2.45) is 28.7 Å². The summed E-state index contributed by atoms with van der Waals surface area (Å²) in [6.45, 7) is 9.13. The number of likely N-dealkylation sites (tertiary alicyclic amines) is 2. The van der Waals surface area contributed by atoms with E-state index in [4.69, 9.17) is 4.99 Å². The Labute approximate surface area is 174 Å². The van der Waals surface area contributed by atoms with Gasteiger partial charge < -0.3 is 10.6 Å². The molecular weight excluding hydrogens is 366 g/mol. The number of carbonyl (C=O) groups excluding carboxylic acids is 2. The fraction of sp³-hybridized carbons (Fsp3) is 0.773. The normalized spacial score (nSPS) is 32.3. The van der Waals surface area contributed by atoms with Gasteiger partial charge in [-0.2, -0.15) is 0 Å². The molecule has 0 spiro atoms. The summed E-state index contributed by atoms with van der Waals surface area (Å²) < 4.78 is 0. The molecular formula is C22H35N5O2. The van der Waals surface area contributed by atoms with Crippen molar-refractivity contribution in [3.05, 3.63) is 12.2 Å². The van der Waals surface area contributed by atoms with Crippen molar-refractivity contribution in [1.29, 1.82) is 0 Å². The highest BCUT2D eigenvalue weighted by Crippen LogP contribution is 2.52. The summed E-state index contributed by atoms with van der Waals surface area (Å²) in [7, 11) is 0. The Morgan fingerprint density at radius 2 is 1.76 bits per heavy atom. The van der Waals surface area contributed by atoms with Gasteiger partial charge in [-0.05, 0) is 57.5 Å². The van der Waals surface area contributed by atoms with Crippen LogP contribution in [0.15, 0.2) is 17.1 Å². The van der Waals surface area contributed by atoms with Gasteiger partial charge in [-0.25, -0.2) is 0 Å². The van der Waals surface area contributed by atoms with Crippen LogP contribution >= 0.6 is 0 Å². The van der Waals surface area contributed by atoms with Gasteiger partial charge in [0.15, 0.2) is 5.96 Å². The first-order valence-electron chi connectivity index (χ1n) is 11.4. The second-order valence-electron chi connectivity index (χ2n) is 8.78. The third-order valence-electron chi connectivity index (χ3n) is 7.12. The van der Waals surface area contributed by atoms with E-state index < -0.39 is 0 Å². The topological polar surface area (TPSA) is 77.0 Å². The van der Waals surface area contributed by atoms with Crippen molar-refractivity contribution in [1.82, 2.24) is 20.4 Å². The summed E-state index contributed by atoms with van der Waals surface area (Å²) in [5, 5.41) is 6.61. The lowest BCUT2D eigenvalue weighted by molar-refractivity contribution is -0.140. The molecule has 7 heteroatoms. The van der Waals surface area contributed by atoms with E-state index in [9.17, 15) is 9.59 Å². The highest BCUT2D eigenvalue weighted by atomic mass is 16.2. The molecule has 5 atom stereocenters. The molecule has 2 saturated heterocycles. The van der Waals surface area contributed by atoms with E-state index in [1.807, 2.05) is 6.92 Å². The highest BCUT2D eigenvalue weighted by molar-refractivity contribution is 6.06. The number of hydrogen-bond acceptors (Lipinski definition) is 4. The van der Waals surface area contributed by atoms with E-state index in [1.165, 1.54) is 30.8 Å². The van der Waals surface area contributed by atoms with E-state index in [0.29, 0.717) is 19.1 Å². The van der Waals surface area contributed by atoms with Gasteiger partial charge in [0.1, 0.15) is 0 Å². The first kappa shape index (κ1) is 20.4. The van der Waals surface area contributed by atoms with Crippen LogP contribution in [0.2, 0.25) is 0 Å². The molecule has 7 nitrogen and oxygen atoms in total. The fourth-order valence-electron chi connectivity index (χ4n) is 5.62. The summed E-state index contributed by atoms with van der Waals surface area (Å²) in [6.07, 6.45) is 8.92. The van der Waals surface area contributed by atoms with Crippen molar-refractivity contribution in [2.45, 2.75) is 45.6 Å². The molecule has 2 heterocycles. The number of nitrogens with zero attached hydrogens (tertiary/aromatic N) is 3. The lowest BCUT2D eigenvalue weighted by Gasteiger charge is -2.25. The number of aliphatic imine (C=N–C) groups is 1. The Balaban J connectivity index is 1.29. The smallest absolute Gasteiger partial charge is 0.233 e. The SMILES string of the molecule is CCNC(=NCC(CC)N1CCCC1)NCCN1C(=O)C2C3C=CC(C3)C2C1=O. The number of amides is 2. The zero-order chi connectivity index (χ0) is 20.4. The maximum Gasteiger partial charge on any atom is 0.233 e. The Morgan fingerprint density at radius 3 is 2.34 bits per heavy atom. The Morgan fingerprint density at radius 1 is 1.10 bits per heavy atom. The number of allylic oxidation sites excluding steroid dienone is 2. The summed E-state index contributed by atoms with van der Waals surface area (Å²) in [5.41, 5.74) is 0. The van der Waals surface area contributed by atoms with E-state index in [0.717, 1.165) is 31.9 Å². The average molecular weight is 402 g/mol. The third kappa shape index (κ3) is 3.93. The Kier molecular flexibility index (Phi) is 6.23. The summed E-state index contributed by atoms with van der Waals surface area (Å²) in [4.78, 5) is 34.4. The molecule has 4 rings (SSSR count). The predicted molar refractivity (Wildman–Crippen MR) is 113 cm³/mol. The maximum absolute atomic E-state index is 12.8. The zero-order valence-corrected chi connectivity index (χ0v) is 17.8. The van der Waals surface area contributed by atoms with Crippen LogP contribution in [0.25, 0.3) is 0 Å². The van der Waals surface area contributed by atoms with Crippen molar-refractivity contribution in [2.75, 3.05) is 39.3 Å². The Hall–Kier alpha value is -1.89. The molecule has 0 aromatic rings. The second-order valence-corrected chi connectivity index (χ2v) is 8.78. The molecule has 0 aromatic carbocycles. The molecule has 5 unspecified atom stereocenters. The molecule has 2 bridgehead atoms. The van der Waals surface area contributed by atoms with Crippen molar-refractivity contribution >= 4 is 17.8 Å². The van der Waals surface area contributed by atoms with E-state index in [1.54, 1.807) is 0 Å². The molecule has 0 aromatic heterocycles. The zero-order valence-electron chi connectivity index (χ0n) is 17.8. The van der Waals surface area contributed by atoms with Crippen LogP contribution in [-0.2, 0) is 9.59 Å². The van der Waals surface area contributed by atoms with E-state index >= 15 is 0 Å². The summed E-state index contributed by atoms with van der Waals surface area (Å²) in [5.74, 6) is 1.16. The van der Waals surface area contributed by atoms with Gasteiger partial charge in [0.2, 0.25) is 11.8 Å². The standard InChI is InChI=1S/C22H35N5O2/c1-3-17(26-10-5-6-11-26)14-25-22(23-4-2)24-9-12-27-20(28)18-15-7-8-16(13-15)19(18)21(27)29/h7-8,15-19H,3-6,9-14H2,1-2H3,(H2,23,24,25). The third-order valence-corrected chi connectivity index (χ3v) is 7.12. The van der Waals surface area contributed by atoms with Gasteiger partial charge in [0.25, 0.3) is 0 Å². The van der Waals surface area contributed by atoms with Gasteiger partial charge in [0, 0.05) is 25.7 Å². The number of carbonyl (C=O) groups is 2. The van der Waals surface area contributed by atoms with Crippen LogP contribution in [-0.4, -0.2) is 72.9 Å². The van der Waals surface area contributed by atoms with Gasteiger partial charge >= 0.3 is 0 Å². The molecule has 4 aliphatic rings. The first-order valence-corrected chi connectivity index (χ1v) is 11.4. The lowest BCUT2D eigenvalue weighted by atomic mass is 9.85. The minimum atomic E-state index is -0.106. The van der Waals surface area contributed by atoms with Crippen LogP contribution in [0.3, 0.4) is 0 Å². The fourth-order valence-corrected chi connectivity index (χ4v) is 5.62. The quantitative estimate of drug-likeness (QED) is 0.277. The van der Waals surface area contributed by atoms with Gasteiger partial charge in [-0.1, -0.05) is 19.1 Å². The van der Waals surface area contributed by atoms with Gasteiger partial charge in [-0.15, -0.1) is 0 Å². The Bertz CT molecular complexity index is 655. The van der Waals surface area contributed by atoms with Crippen molar-refractivity contribution < 1.29 is 9.59 Å². The lowest BCUT2D eigenvalue weighted by Crippen LogP contribution is -2.44. The first-order chi connectivity index (χ1) is 14.1. The van der Waals surface area contributed by atoms with Crippen LogP contribution in [0.1, 0.15) is 39.5 Å². The maximum atomic E-state index is 12.8. The number of guanidine groups is 1. The average Bonchev–Trinajstić information content (AvgIpc) is 3.50. The highest BCUT2D eigenvalue weighted by Gasteiger charge is 2.58. The molecule has 2 N–H and O–H groups in total. The minimum absolute atomic E-state index is 0.0284. The van der Waals surface area contributed by atoms with E-state index in [2.05, 4.69) is 34.6 Å². The largest absolute Gasteiger partial charge is 0.357 e. The molecule has 2 aliphatic heterocycles.